The molecule has 2 aliphatic heterocycles. The van der Waals surface area contributed by atoms with E-state index in [2.05, 4.69) is 246 Å². The van der Waals surface area contributed by atoms with E-state index < -0.39 is 0 Å². The molecule has 0 aromatic heterocycles. The molecule has 0 saturated carbocycles. The van der Waals surface area contributed by atoms with Gasteiger partial charge in [0.2, 0.25) is 0 Å². The number of rotatable bonds is 3. The monoisotopic (exact) mass is 837 g/mol. The minimum absolute atomic E-state index is 0.00997. The third-order valence-electron chi connectivity index (χ3n) is 14.7. The molecule has 7 aromatic carbocycles. The predicted octanol–water partition coefficient (Wildman–Crippen LogP) is 14.9. The number of fused-ring (bicyclic) bond motifs is 7. The summed E-state index contributed by atoms with van der Waals surface area (Å²) >= 11 is 0. The molecule has 3 heteroatoms. The van der Waals surface area contributed by atoms with Crippen molar-refractivity contribution in [1.29, 1.82) is 0 Å². The van der Waals surface area contributed by atoms with Crippen molar-refractivity contribution < 1.29 is 0 Å². The van der Waals surface area contributed by atoms with Gasteiger partial charge in [-0.1, -0.05) is 188 Å². The molecule has 3 aliphatic rings. The smallest absolute Gasteiger partial charge is 0.252 e. The second-order valence-corrected chi connectivity index (χ2v) is 23.6. The van der Waals surface area contributed by atoms with Crippen LogP contribution < -0.4 is 26.2 Å². The SMILES string of the molecule is CC(C)(C)c1ccc(N2c3cc(C(C)(C)C)ccc3B3c4ccc(C(C)(C)C)cc4N(c4ccc(-c5cccc6c5-c5ccccc5C6(C)C)cc4)c4cc(C(C)(C)C)cc2c43)cc1. The van der Waals surface area contributed by atoms with E-state index >= 15 is 0 Å². The second-order valence-electron chi connectivity index (χ2n) is 23.6. The Hall–Kier alpha value is -5.80. The highest BCUT2D eigenvalue weighted by atomic mass is 15.2. The van der Waals surface area contributed by atoms with Gasteiger partial charge in [0.1, 0.15) is 0 Å². The molecule has 64 heavy (non-hydrogen) atoms. The highest BCUT2D eigenvalue weighted by Crippen LogP contribution is 2.53. The Balaban J connectivity index is 1.23. The highest BCUT2D eigenvalue weighted by molar-refractivity contribution is 7.00. The average molecular weight is 837 g/mol. The molecule has 0 N–H and O–H groups in total. The number of hydrogen-bond acceptors (Lipinski definition) is 2. The van der Waals surface area contributed by atoms with E-state index in [0.717, 1.165) is 0 Å². The van der Waals surface area contributed by atoms with Crippen LogP contribution in [0.4, 0.5) is 34.1 Å². The van der Waals surface area contributed by atoms with Crippen LogP contribution in [0.5, 0.6) is 0 Å². The zero-order chi connectivity index (χ0) is 45.5. The maximum Gasteiger partial charge on any atom is 0.252 e. The fourth-order valence-corrected chi connectivity index (χ4v) is 10.8. The summed E-state index contributed by atoms with van der Waals surface area (Å²) in [6.07, 6.45) is 0. The lowest BCUT2D eigenvalue weighted by Gasteiger charge is -2.45. The summed E-state index contributed by atoms with van der Waals surface area (Å²) in [5, 5.41) is 0. The van der Waals surface area contributed by atoms with Gasteiger partial charge in [-0.05, 0) is 142 Å². The Labute approximate surface area is 384 Å². The van der Waals surface area contributed by atoms with Crippen molar-refractivity contribution in [2.75, 3.05) is 9.80 Å². The number of benzene rings is 7. The van der Waals surface area contributed by atoms with Gasteiger partial charge in [-0.15, -0.1) is 0 Å². The lowest BCUT2D eigenvalue weighted by molar-refractivity contribution is 0.589. The third-order valence-corrected chi connectivity index (χ3v) is 14.7. The molecule has 2 nitrogen and oxygen atoms in total. The lowest BCUT2D eigenvalue weighted by atomic mass is 9.33. The third kappa shape index (κ3) is 6.59. The summed E-state index contributed by atoms with van der Waals surface area (Å²) in [6.45, 7) is 32.8. The highest BCUT2D eigenvalue weighted by Gasteiger charge is 2.45. The van der Waals surface area contributed by atoms with Crippen molar-refractivity contribution >= 4 is 57.2 Å². The van der Waals surface area contributed by atoms with E-state index in [1.807, 2.05) is 0 Å². The molecule has 0 radical (unpaired) electrons. The van der Waals surface area contributed by atoms with Gasteiger partial charge in [-0.3, -0.25) is 0 Å². The van der Waals surface area contributed by atoms with Crippen LogP contribution in [0.15, 0.2) is 140 Å². The van der Waals surface area contributed by atoms with Gasteiger partial charge in [0.05, 0.1) is 0 Å². The predicted molar refractivity (Wildman–Crippen MR) is 278 cm³/mol. The zero-order valence-corrected chi connectivity index (χ0v) is 40.8. The van der Waals surface area contributed by atoms with Crippen molar-refractivity contribution in [3.63, 3.8) is 0 Å². The Kier molecular flexibility index (Phi) is 9.29. The van der Waals surface area contributed by atoms with E-state index in [0.29, 0.717) is 0 Å². The summed E-state index contributed by atoms with van der Waals surface area (Å²) in [7, 11) is 0. The largest absolute Gasteiger partial charge is 0.311 e. The first-order valence-electron chi connectivity index (χ1n) is 23.6. The van der Waals surface area contributed by atoms with E-state index in [1.54, 1.807) is 0 Å². The normalized spacial score (nSPS) is 15.1. The maximum atomic E-state index is 2.60. The van der Waals surface area contributed by atoms with Gasteiger partial charge in [-0.25, -0.2) is 0 Å². The topological polar surface area (TPSA) is 6.48 Å². The van der Waals surface area contributed by atoms with Crippen molar-refractivity contribution in [3.8, 4) is 22.3 Å². The van der Waals surface area contributed by atoms with E-state index in [1.165, 1.54) is 106 Å². The van der Waals surface area contributed by atoms with Crippen molar-refractivity contribution in [1.82, 2.24) is 0 Å². The van der Waals surface area contributed by atoms with Crippen molar-refractivity contribution in [2.24, 2.45) is 0 Å². The van der Waals surface area contributed by atoms with Crippen molar-refractivity contribution in [2.45, 2.75) is 124 Å². The summed E-state index contributed by atoms with van der Waals surface area (Å²) in [4.78, 5) is 5.19. The first-order valence-corrected chi connectivity index (χ1v) is 23.6. The summed E-state index contributed by atoms with van der Waals surface area (Å²) in [5.74, 6) is 0. The number of nitrogens with zero attached hydrogens (tertiary/aromatic N) is 2. The molecule has 7 aromatic rings. The minimum Gasteiger partial charge on any atom is -0.311 e. The summed E-state index contributed by atoms with van der Waals surface area (Å²) in [6, 6.07) is 54.5. The van der Waals surface area contributed by atoms with Crippen molar-refractivity contribution in [3.05, 3.63) is 173 Å². The second kappa shape index (κ2) is 14.1. The van der Waals surface area contributed by atoms with Crippen LogP contribution in [0.1, 0.15) is 130 Å². The molecular formula is C61H65BN2. The van der Waals surface area contributed by atoms with Gasteiger partial charge in [0, 0.05) is 39.5 Å². The van der Waals surface area contributed by atoms with Gasteiger partial charge < -0.3 is 9.80 Å². The zero-order valence-electron chi connectivity index (χ0n) is 40.8. The van der Waals surface area contributed by atoms with Gasteiger partial charge in [-0.2, -0.15) is 0 Å². The molecule has 0 bridgehead atoms. The lowest BCUT2D eigenvalue weighted by Crippen LogP contribution is -2.61. The summed E-state index contributed by atoms with van der Waals surface area (Å²) in [5.41, 5.74) is 24.8. The van der Waals surface area contributed by atoms with E-state index in [9.17, 15) is 0 Å². The first kappa shape index (κ1) is 42.2. The molecule has 0 fully saturated rings. The van der Waals surface area contributed by atoms with Gasteiger partial charge >= 0.3 is 0 Å². The fourth-order valence-electron chi connectivity index (χ4n) is 10.8. The molecule has 0 spiro atoms. The van der Waals surface area contributed by atoms with Crippen LogP contribution in [-0.4, -0.2) is 6.71 Å². The Morgan fingerprint density at radius 1 is 0.391 bits per heavy atom. The molecule has 2 heterocycles. The van der Waals surface area contributed by atoms with E-state index in [4.69, 9.17) is 0 Å². The minimum atomic E-state index is -0.100. The molecule has 1 aliphatic carbocycles. The average Bonchev–Trinajstić information content (AvgIpc) is 3.48. The Morgan fingerprint density at radius 2 is 0.812 bits per heavy atom. The summed E-state index contributed by atoms with van der Waals surface area (Å²) < 4.78 is 0. The Bertz CT molecular complexity index is 2990. The van der Waals surface area contributed by atoms with Crippen LogP contribution in [0, 0.1) is 0 Å². The standard InChI is InChI=1S/C61H65BN2/c1-57(2,3)39-24-30-44(31-25-39)64-52-35-41(59(7,8)9)27-33-50(52)62-49-32-26-40(58(4,5)6)34-51(49)63(53-36-42(60(10,11)12)37-54(64)56(53)62)43-28-22-38(23-29-43)45-19-17-21-48-55(45)46-18-15-16-20-47(46)61(48,13)14/h15-37H,1-14H3. The molecular weight excluding hydrogens is 771 g/mol. The van der Waals surface area contributed by atoms with Gasteiger partial charge in [0.15, 0.2) is 0 Å². The van der Waals surface area contributed by atoms with Crippen LogP contribution in [0.25, 0.3) is 22.3 Å². The van der Waals surface area contributed by atoms with Gasteiger partial charge in [0.25, 0.3) is 6.71 Å². The maximum absolute atomic E-state index is 2.60. The molecule has 0 atom stereocenters. The first-order chi connectivity index (χ1) is 30.0. The van der Waals surface area contributed by atoms with Crippen LogP contribution in [0.2, 0.25) is 0 Å². The molecule has 0 amide bonds. The molecule has 10 rings (SSSR count). The van der Waals surface area contributed by atoms with Crippen LogP contribution in [0.3, 0.4) is 0 Å². The Morgan fingerprint density at radius 3 is 1.31 bits per heavy atom. The van der Waals surface area contributed by atoms with Crippen LogP contribution >= 0.6 is 0 Å². The number of hydrogen-bond donors (Lipinski definition) is 0. The number of anilines is 6. The molecule has 0 unspecified atom stereocenters. The van der Waals surface area contributed by atoms with E-state index in [-0.39, 0.29) is 33.8 Å². The fraction of sp³-hybridized carbons (Fsp3) is 0.311. The quantitative estimate of drug-likeness (QED) is 0.164. The molecule has 322 valence electrons. The van der Waals surface area contributed by atoms with Crippen LogP contribution in [-0.2, 0) is 27.1 Å². The molecule has 0 saturated heterocycles.